The monoisotopic (exact) mass is 331 g/mol. The number of hydrogen-bond acceptors (Lipinski definition) is 2. The molecule has 5 heteroatoms. The van der Waals surface area contributed by atoms with Crippen molar-refractivity contribution in [3.8, 4) is 5.75 Å². The highest BCUT2D eigenvalue weighted by Gasteiger charge is 2.26. The van der Waals surface area contributed by atoms with Gasteiger partial charge in [0.2, 0.25) is 0 Å². The summed E-state index contributed by atoms with van der Waals surface area (Å²) in [5.41, 5.74) is 1.41. The molecule has 0 N–H and O–H groups in total. The van der Waals surface area contributed by atoms with E-state index in [-0.39, 0.29) is 11.8 Å². The Kier molecular flexibility index (Phi) is 3.87. The SMILES string of the molecule is Cc1c(Br)cc2c(c1Cl)OCC(C)CN(C)C2=O. The number of nitrogens with zero attached hydrogens (tertiary/aromatic N) is 1. The Morgan fingerprint density at radius 3 is 2.89 bits per heavy atom. The summed E-state index contributed by atoms with van der Waals surface area (Å²) in [6, 6.07) is 1.78. The zero-order chi connectivity index (χ0) is 13.4. The first-order chi connectivity index (χ1) is 8.41. The maximum Gasteiger partial charge on any atom is 0.257 e. The molecule has 2 rings (SSSR count). The summed E-state index contributed by atoms with van der Waals surface area (Å²) < 4.78 is 6.55. The summed E-state index contributed by atoms with van der Waals surface area (Å²) in [4.78, 5) is 14.0. The van der Waals surface area contributed by atoms with Crippen molar-refractivity contribution in [3.63, 3.8) is 0 Å². The second-order valence-electron chi connectivity index (χ2n) is 4.78. The molecule has 1 aliphatic heterocycles. The molecule has 0 radical (unpaired) electrons. The highest BCUT2D eigenvalue weighted by atomic mass is 79.9. The van der Waals surface area contributed by atoms with Gasteiger partial charge in [-0.05, 0) is 18.6 Å². The summed E-state index contributed by atoms with van der Waals surface area (Å²) in [6.07, 6.45) is 0. The van der Waals surface area contributed by atoms with E-state index in [1.165, 1.54) is 0 Å². The number of carbonyl (C=O) groups is 1. The van der Waals surface area contributed by atoms with Gasteiger partial charge in [-0.1, -0.05) is 34.5 Å². The van der Waals surface area contributed by atoms with Crippen molar-refractivity contribution in [2.45, 2.75) is 13.8 Å². The van der Waals surface area contributed by atoms with Crippen LogP contribution in [0.3, 0.4) is 0 Å². The first-order valence-corrected chi connectivity index (χ1v) is 6.95. The van der Waals surface area contributed by atoms with Gasteiger partial charge in [0, 0.05) is 24.0 Å². The lowest BCUT2D eigenvalue weighted by Gasteiger charge is -2.27. The second-order valence-corrected chi connectivity index (χ2v) is 6.01. The van der Waals surface area contributed by atoms with Gasteiger partial charge in [-0.25, -0.2) is 0 Å². The van der Waals surface area contributed by atoms with Crippen molar-refractivity contribution < 1.29 is 9.53 Å². The predicted octanol–water partition coefficient (Wildman–Crippen LogP) is 3.51. The minimum atomic E-state index is -0.0563. The van der Waals surface area contributed by atoms with Crippen molar-refractivity contribution in [2.75, 3.05) is 20.2 Å². The van der Waals surface area contributed by atoms with E-state index in [4.69, 9.17) is 16.3 Å². The molecule has 1 amide bonds. The van der Waals surface area contributed by atoms with E-state index in [1.807, 2.05) is 13.8 Å². The van der Waals surface area contributed by atoms with Gasteiger partial charge >= 0.3 is 0 Å². The van der Waals surface area contributed by atoms with Crippen LogP contribution in [0.25, 0.3) is 0 Å². The number of carbonyl (C=O) groups excluding carboxylic acids is 1. The lowest BCUT2D eigenvalue weighted by atomic mass is 10.1. The number of amides is 1. The van der Waals surface area contributed by atoms with Crippen LogP contribution in [-0.2, 0) is 0 Å². The second kappa shape index (κ2) is 5.10. The lowest BCUT2D eigenvalue weighted by Crippen LogP contribution is -2.35. The van der Waals surface area contributed by atoms with Gasteiger partial charge in [0.05, 0.1) is 17.2 Å². The number of rotatable bonds is 0. The third-order valence-corrected chi connectivity index (χ3v) is 4.36. The van der Waals surface area contributed by atoms with Crippen LogP contribution in [-0.4, -0.2) is 31.0 Å². The number of benzene rings is 1. The van der Waals surface area contributed by atoms with E-state index in [0.717, 1.165) is 10.0 Å². The normalized spacial score (nSPS) is 19.9. The molecule has 1 aliphatic rings. The van der Waals surface area contributed by atoms with Crippen LogP contribution >= 0.6 is 27.5 Å². The number of halogens is 2. The molecule has 0 bridgehead atoms. The van der Waals surface area contributed by atoms with Crippen molar-refractivity contribution in [1.29, 1.82) is 0 Å². The molecule has 98 valence electrons. The zero-order valence-electron chi connectivity index (χ0n) is 10.6. The average Bonchev–Trinajstić information content (AvgIpc) is 2.32. The number of fused-ring (bicyclic) bond motifs is 1. The fourth-order valence-electron chi connectivity index (χ4n) is 2.03. The third kappa shape index (κ3) is 2.36. The highest BCUT2D eigenvalue weighted by molar-refractivity contribution is 9.10. The van der Waals surface area contributed by atoms with Gasteiger partial charge in [0.25, 0.3) is 5.91 Å². The molecule has 0 aliphatic carbocycles. The smallest absolute Gasteiger partial charge is 0.257 e. The lowest BCUT2D eigenvalue weighted by molar-refractivity contribution is 0.0732. The minimum Gasteiger partial charge on any atom is -0.491 e. The van der Waals surface area contributed by atoms with Gasteiger partial charge in [0.1, 0.15) is 0 Å². The molecule has 0 spiro atoms. The maximum atomic E-state index is 12.3. The van der Waals surface area contributed by atoms with Crippen LogP contribution < -0.4 is 4.74 Å². The van der Waals surface area contributed by atoms with Crippen LogP contribution in [0.15, 0.2) is 10.5 Å². The molecule has 0 saturated heterocycles. The van der Waals surface area contributed by atoms with Crippen LogP contribution in [0.4, 0.5) is 0 Å². The van der Waals surface area contributed by atoms with E-state index in [1.54, 1.807) is 18.0 Å². The van der Waals surface area contributed by atoms with Gasteiger partial charge in [0.15, 0.2) is 5.75 Å². The summed E-state index contributed by atoms with van der Waals surface area (Å²) in [7, 11) is 1.80. The van der Waals surface area contributed by atoms with Crippen LogP contribution in [0.2, 0.25) is 5.02 Å². The third-order valence-electron chi connectivity index (χ3n) is 3.08. The molecule has 18 heavy (non-hydrogen) atoms. The molecule has 1 aromatic carbocycles. The molecule has 0 fully saturated rings. The number of hydrogen-bond donors (Lipinski definition) is 0. The van der Waals surface area contributed by atoms with E-state index in [0.29, 0.717) is 29.5 Å². The first kappa shape index (κ1) is 13.7. The van der Waals surface area contributed by atoms with E-state index in [9.17, 15) is 4.79 Å². The predicted molar refractivity (Wildman–Crippen MR) is 75.5 cm³/mol. The van der Waals surface area contributed by atoms with Crippen molar-refractivity contribution in [3.05, 3.63) is 26.7 Å². The van der Waals surface area contributed by atoms with E-state index < -0.39 is 0 Å². The van der Waals surface area contributed by atoms with Crippen LogP contribution in [0.1, 0.15) is 22.8 Å². The molecule has 3 nitrogen and oxygen atoms in total. The topological polar surface area (TPSA) is 29.5 Å². The van der Waals surface area contributed by atoms with E-state index >= 15 is 0 Å². The van der Waals surface area contributed by atoms with Gasteiger partial charge < -0.3 is 9.64 Å². The Hall–Kier alpha value is -0.740. The Balaban J connectivity index is 2.59. The van der Waals surface area contributed by atoms with Gasteiger partial charge in [-0.3, -0.25) is 4.79 Å². The largest absolute Gasteiger partial charge is 0.491 e. The fourth-order valence-corrected chi connectivity index (χ4v) is 2.83. The summed E-state index contributed by atoms with van der Waals surface area (Å²) >= 11 is 9.70. The van der Waals surface area contributed by atoms with Gasteiger partial charge in [-0.2, -0.15) is 0 Å². The summed E-state index contributed by atoms with van der Waals surface area (Å²) in [5, 5.41) is 0.509. The Morgan fingerprint density at radius 2 is 2.22 bits per heavy atom. The average molecular weight is 333 g/mol. The number of ether oxygens (including phenoxy) is 1. The molecule has 0 aromatic heterocycles. The van der Waals surface area contributed by atoms with E-state index in [2.05, 4.69) is 15.9 Å². The molecule has 0 saturated carbocycles. The maximum absolute atomic E-state index is 12.3. The van der Waals surface area contributed by atoms with Crippen LogP contribution in [0.5, 0.6) is 5.75 Å². The van der Waals surface area contributed by atoms with Gasteiger partial charge in [-0.15, -0.1) is 0 Å². The van der Waals surface area contributed by atoms with Crippen molar-refractivity contribution >= 4 is 33.4 Å². The summed E-state index contributed by atoms with van der Waals surface area (Å²) in [6.45, 7) is 5.19. The Labute approximate surface area is 120 Å². The molecule has 1 atom stereocenters. The van der Waals surface area contributed by atoms with Crippen LogP contribution in [0, 0.1) is 12.8 Å². The standard InChI is InChI=1S/C13H15BrClNO2/c1-7-5-16(3)13(17)9-4-10(14)8(2)11(15)12(9)18-6-7/h4,7H,5-6H2,1-3H3. The Bertz CT molecular complexity index is 504. The van der Waals surface area contributed by atoms with Crippen molar-refractivity contribution in [1.82, 2.24) is 4.90 Å². The molecule has 1 heterocycles. The first-order valence-electron chi connectivity index (χ1n) is 5.78. The minimum absolute atomic E-state index is 0.0563. The fraction of sp³-hybridized carbons (Fsp3) is 0.462. The Morgan fingerprint density at radius 1 is 1.56 bits per heavy atom. The molecule has 1 unspecified atom stereocenters. The molecule has 1 aromatic rings. The molecular formula is C13H15BrClNO2. The molecular weight excluding hydrogens is 318 g/mol. The zero-order valence-corrected chi connectivity index (χ0v) is 12.9. The quantitative estimate of drug-likeness (QED) is 0.727. The summed E-state index contributed by atoms with van der Waals surface area (Å²) in [5.74, 6) is 0.729. The van der Waals surface area contributed by atoms with Crippen molar-refractivity contribution in [2.24, 2.45) is 5.92 Å². The highest BCUT2D eigenvalue weighted by Crippen LogP contribution is 2.38.